The van der Waals surface area contributed by atoms with Crippen LogP contribution in [0.1, 0.15) is 12.8 Å². The molecular formula is C4H8Cl2NO5P. The van der Waals surface area contributed by atoms with Crippen molar-refractivity contribution in [2.45, 2.75) is 18.6 Å². The lowest BCUT2D eigenvalue weighted by atomic mass is 10.3. The lowest BCUT2D eigenvalue weighted by molar-refractivity contribution is -0.137. The molecule has 0 aliphatic rings. The second kappa shape index (κ2) is 5.14. The van der Waals surface area contributed by atoms with E-state index in [1.165, 1.54) is 0 Å². The van der Waals surface area contributed by atoms with Gasteiger partial charge in [-0.15, -0.1) is 3.94 Å². The van der Waals surface area contributed by atoms with Gasteiger partial charge in [-0.25, -0.2) is 0 Å². The summed E-state index contributed by atoms with van der Waals surface area (Å²) in [6, 6.07) is 0. The summed E-state index contributed by atoms with van der Waals surface area (Å²) in [6.07, 6.45) is -0.724. The molecular weight excluding hydrogens is 244 g/mol. The van der Waals surface area contributed by atoms with E-state index in [9.17, 15) is 9.36 Å². The van der Waals surface area contributed by atoms with Crippen LogP contribution in [0.15, 0.2) is 0 Å². The third-order valence-corrected chi connectivity index (χ3v) is 3.24. The Morgan fingerprint density at radius 2 is 1.92 bits per heavy atom. The average Bonchev–Trinajstić information content (AvgIpc) is 1.81. The highest BCUT2D eigenvalue weighted by molar-refractivity contribution is 7.52. The van der Waals surface area contributed by atoms with Crippen molar-refractivity contribution in [2.24, 2.45) is 0 Å². The first-order valence-corrected chi connectivity index (χ1v) is 5.48. The van der Waals surface area contributed by atoms with Crippen molar-refractivity contribution in [1.82, 2.24) is 3.94 Å². The molecule has 0 fully saturated rings. The standard InChI is InChI=1S/C4H8Cl2NO5P/c5-7(6)3(13(10,11)12)1-2-4(8)9/h3H,1-2H2,(H,8,9)(H2,10,11,12). The quantitative estimate of drug-likeness (QED) is 0.498. The van der Waals surface area contributed by atoms with Crippen molar-refractivity contribution in [3.8, 4) is 0 Å². The summed E-state index contributed by atoms with van der Waals surface area (Å²) in [4.78, 5) is 27.4. The largest absolute Gasteiger partial charge is 0.481 e. The minimum atomic E-state index is -4.49. The molecule has 6 nitrogen and oxygen atoms in total. The number of carbonyl (C=O) groups is 1. The molecule has 78 valence electrons. The highest BCUT2D eigenvalue weighted by atomic mass is 35.5. The summed E-state index contributed by atoms with van der Waals surface area (Å²) in [5, 5.41) is 8.25. The van der Waals surface area contributed by atoms with Crippen molar-refractivity contribution in [1.29, 1.82) is 0 Å². The maximum Gasteiger partial charge on any atom is 0.345 e. The molecule has 9 heteroatoms. The van der Waals surface area contributed by atoms with Gasteiger partial charge in [-0.2, -0.15) is 0 Å². The second-order valence-corrected chi connectivity index (χ2v) is 4.94. The first kappa shape index (κ1) is 13.2. The molecule has 0 aliphatic carbocycles. The van der Waals surface area contributed by atoms with E-state index in [1.54, 1.807) is 0 Å². The number of hydrogen-bond donors (Lipinski definition) is 3. The molecule has 1 unspecified atom stereocenters. The van der Waals surface area contributed by atoms with Crippen molar-refractivity contribution in [3.05, 3.63) is 0 Å². The van der Waals surface area contributed by atoms with Crippen molar-refractivity contribution < 1.29 is 24.3 Å². The zero-order valence-corrected chi connectivity index (χ0v) is 8.71. The van der Waals surface area contributed by atoms with Gasteiger partial charge in [-0.3, -0.25) is 9.36 Å². The third-order valence-electron chi connectivity index (χ3n) is 1.23. The molecule has 0 spiro atoms. The molecule has 0 aromatic rings. The van der Waals surface area contributed by atoms with Crippen molar-refractivity contribution in [3.63, 3.8) is 0 Å². The van der Waals surface area contributed by atoms with Gasteiger partial charge in [0.15, 0.2) is 0 Å². The number of rotatable bonds is 5. The Hall–Kier alpha value is 0.160. The fourth-order valence-electron chi connectivity index (χ4n) is 0.632. The van der Waals surface area contributed by atoms with E-state index in [4.69, 9.17) is 38.4 Å². The van der Waals surface area contributed by atoms with Crippen LogP contribution in [0.3, 0.4) is 0 Å². The fourth-order valence-corrected chi connectivity index (χ4v) is 2.20. The van der Waals surface area contributed by atoms with Gasteiger partial charge < -0.3 is 14.9 Å². The van der Waals surface area contributed by atoms with Gasteiger partial charge in [-0.05, 0) is 30.0 Å². The molecule has 0 amide bonds. The van der Waals surface area contributed by atoms with Crippen LogP contribution in [0.2, 0.25) is 0 Å². The van der Waals surface area contributed by atoms with Crippen LogP contribution in [0, 0.1) is 0 Å². The number of aliphatic carboxylic acids is 1. The molecule has 0 saturated heterocycles. The lowest BCUT2D eigenvalue weighted by Gasteiger charge is -2.19. The SMILES string of the molecule is O=C(O)CCC(N(Cl)Cl)P(=O)(O)O. The summed E-state index contributed by atoms with van der Waals surface area (Å²) >= 11 is 10.3. The van der Waals surface area contributed by atoms with Crippen LogP contribution in [0.25, 0.3) is 0 Å². The van der Waals surface area contributed by atoms with Gasteiger partial charge in [0.25, 0.3) is 0 Å². The third kappa shape index (κ3) is 5.46. The van der Waals surface area contributed by atoms with E-state index in [1.807, 2.05) is 0 Å². The Balaban J connectivity index is 4.29. The summed E-state index contributed by atoms with van der Waals surface area (Å²) < 4.78 is 11.0. The average molecular weight is 252 g/mol. The number of carboxylic acid groups (broad SMARTS) is 1. The van der Waals surface area contributed by atoms with E-state index >= 15 is 0 Å². The van der Waals surface area contributed by atoms with Crippen LogP contribution in [0.5, 0.6) is 0 Å². The predicted octanol–water partition coefficient (Wildman–Crippen LogP) is 0.965. The zero-order chi connectivity index (χ0) is 10.6. The first-order chi connectivity index (χ1) is 5.75. The van der Waals surface area contributed by atoms with Crippen molar-refractivity contribution in [2.75, 3.05) is 0 Å². The monoisotopic (exact) mass is 251 g/mol. The molecule has 0 bridgehead atoms. The number of halogens is 2. The van der Waals surface area contributed by atoms with Gasteiger partial charge in [-0.1, -0.05) is 0 Å². The summed E-state index contributed by atoms with van der Waals surface area (Å²) in [5.74, 6) is -2.65. The summed E-state index contributed by atoms with van der Waals surface area (Å²) in [6.45, 7) is 0. The Morgan fingerprint density at radius 3 is 2.15 bits per heavy atom. The molecule has 0 aromatic heterocycles. The minimum Gasteiger partial charge on any atom is -0.481 e. The minimum absolute atomic E-state index is 0.281. The molecule has 0 radical (unpaired) electrons. The Morgan fingerprint density at radius 1 is 1.46 bits per heavy atom. The molecule has 0 saturated carbocycles. The maximum atomic E-state index is 10.7. The van der Waals surface area contributed by atoms with E-state index in [0.717, 1.165) is 0 Å². The summed E-state index contributed by atoms with van der Waals surface area (Å²) in [5.41, 5.74) is 0. The molecule has 0 aliphatic heterocycles. The summed E-state index contributed by atoms with van der Waals surface area (Å²) in [7, 11) is -4.49. The predicted molar refractivity (Wildman–Crippen MR) is 46.2 cm³/mol. The van der Waals surface area contributed by atoms with Gasteiger partial charge >= 0.3 is 13.6 Å². The Kier molecular flexibility index (Phi) is 5.21. The molecule has 1 atom stereocenters. The topological polar surface area (TPSA) is 98.1 Å². The zero-order valence-electron chi connectivity index (χ0n) is 6.30. The highest BCUT2D eigenvalue weighted by Crippen LogP contribution is 2.46. The lowest BCUT2D eigenvalue weighted by Crippen LogP contribution is -2.20. The number of nitrogens with zero attached hydrogens (tertiary/aromatic N) is 1. The molecule has 0 aromatic carbocycles. The Bertz CT molecular complexity index is 229. The number of hydrogen-bond acceptors (Lipinski definition) is 3. The molecule has 0 rings (SSSR count). The fraction of sp³-hybridized carbons (Fsp3) is 0.750. The van der Waals surface area contributed by atoms with E-state index in [2.05, 4.69) is 0 Å². The second-order valence-electron chi connectivity index (χ2n) is 2.26. The van der Waals surface area contributed by atoms with Crippen LogP contribution in [-0.4, -0.2) is 30.6 Å². The molecule has 13 heavy (non-hydrogen) atoms. The smallest absolute Gasteiger partial charge is 0.345 e. The van der Waals surface area contributed by atoms with Gasteiger partial charge in [0, 0.05) is 6.42 Å². The van der Waals surface area contributed by atoms with Gasteiger partial charge in [0.1, 0.15) is 5.78 Å². The maximum absolute atomic E-state index is 10.7. The van der Waals surface area contributed by atoms with E-state index in [-0.39, 0.29) is 10.4 Å². The van der Waals surface area contributed by atoms with E-state index in [0.29, 0.717) is 0 Å². The van der Waals surface area contributed by atoms with Crippen LogP contribution < -0.4 is 0 Å². The normalized spacial score (nSPS) is 14.5. The van der Waals surface area contributed by atoms with Gasteiger partial charge in [0.2, 0.25) is 0 Å². The Labute approximate surface area is 84.4 Å². The van der Waals surface area contributed by atoms with Crippen LogP contribution in [0.4, 0.5) is 0 Å². The molecule has 0 heterocycles. The molecule has 3 N–H and O–H groups in total. The van der Waals surface area contributed by atoms with Crippen molar-refractivity contribution >= 4 is 37.1 Å². The van der Waals surface area contributed by atoms with Crippen LogP contribution >= 0.6 is 31.1 Å². The van der Waals surface area contributed by atoms with Crippen LogP contribution in [-0.2, 0) is 9.36 Å². The van der Waals surface area contributed by atoms with Gasteiger partial charge in [0.05, 0.1) is 0 Å². The van der Waals surface area contributed by atoms with E-state index < -0.39 is 25.8 Å². The number of carboxylic acids is 1. The first-order valence-electron chi connectivity index (χ1n) is 3.13. The highest BCUT2D eigenvalue weighted by Gasteiger charge is 2.33.